The Labute approximate surface area is 135 Å². The Morgan fingerprint density at radius 2 is 1.75 bits per heavy atom. The number of ether oxygens (including phenoxy) is 2. The van der Waals surface area contributed by atoms with Crippen molar-refractivity contribution in [3.05, 3.63) is 57.6 Å². The van der Waals surface area contributed by atoms with E-state index >= 15 is 0 Å². The molecule has 1 aliphatic rings. The molecule has 1 atom stereocenters. The number of alkyl halides is 1. The van der Waals surface area contributed by atoms with E-state index in [4.69, 9.17) is 9.47 Å². The highest BCUT2D eigenvalue weighted by molar-refractivity contribution is 9.11. The highest BCUT2D eigenvalue weighted by atomic mass is 79.9. The molecule has 2 aromatic rings. The highest BCUT2D eigenvalue weighted by Crippen LogP contribution is 2.40. The van der Waals surface area contributed by atoms with Crippen molar-refractivity contribution in [1.82, 2.24) is 0 Å². The molecule has 0 saturated heterocycles. The molecule has 4 heteroatoms. The maximum Gasteiger partial charge on any atom is 0.161 e. The fourth-order valence-corrected chi connectivity index (χ4v) is 3.70. The summed E-state index contributed by atoms with van der Waals surface area (Å²) in [6, 6.07) is 12.4. The van der Waals surface area contributed by atoms with Gasteiger partial charge in [-0.15, -0.1) is 0 Å². The quantitative estimate of drug-likeness (QED) is 0.663. The van der Waals surface area contributed by atoms with Crippen molar-refractivity contribution in [2.75, 3.05) is 13.2 Å². The molecule has 104 valence electrons. The van der Waals surface area contributed by atoms with Gasteiger partial charge in [-0.25, -0.2) is 0 Å². The van der Waals surface area contributed by atoms with Crippen LogP contribution in [-0.4, -0.2) is 13.2 Å². The molecular weight excluding hydrogens is 384 g/mol. The Hall–Kier alpha value is -1.00. The van der Waals surface area contributed by atoms with Crippen LogP contribution in [0.4, 0.5) is 0 Å². The van der Waals surface area contributed by atoms with Crippen molar-refractivity contribution in [3.8, 4) is 11.5 Å². The van der Waals surface area contributed by atoms with E-state index in [0.717, 1.165) is 21.5 Å². The van der Waals surface area contributed by atoms with Gasteiger partial charge in [0, 0.05) is 4.47 Å². The summed E-state index contributed by atoms with van der Waals surface area (Å²) in [5.74, 6) is 1.64. The van der Waals surface area contributed by atoms with Crippen molar-refractivity contribution in [3.63, 3.8) is 0 Å². The second kappa shape index (κ2) is 5.78. The van der Waals surface area contributed by atoms with E-state index in [9.17, 15) is 0 Å². The van der Waals surface area contributed by atoms with Crippen molar-refractivity contribution in [2.24, 2.45) is 0 Å². The van der Waals surface area contributed by atoms with Crippen molar-refractivity contribution >= 4 is 31.9 Å². The van der Waals surface area contributed by atoms with Gasteiger partial charge in [-0.1, -0.05) is 55.6 Å². The lowest BCUT2D eigenvalue weighted by molar-refractivity contribution is 0.171. The zero-order chi connectivity index (χ0) is 14.1. The van der Waals surface area contributed by atoms with E-state index in [-0.39, 0.29) is 4.83 Å². The normalized spacial score (nSPS) is 14.9. The third kappa shape index (κ3) is 2.72. The van der Waals surface area contributed by atoms with Crippen LogP contribution in [0.15, 0.2) is 40.9 Å². The molecule has 1 heterocycles. The third-order valence-electron chi connectivity index (χ3n) is 3.28. The molecule has 20 heavy (non-hydrogen) atoms. The SMILES string of the molecule is Cc1ccc(Br)c(C(Br)c2ccc3c(c2)OCCO3)c1. The number of aryl methyl sites for hydroxylation is 1. The lowest BCUT2D eigenvalue weighted by Crippen LogP contribution is -2.15. The molecule has 3 rings (SSSR count). The first kappa shape index (κ1) is 14.0. The Morgan fingerprint density at radius 3 is 2.55 bits per heavy atom. The second-order valence-corrected chi connectivity index (χ2v) is 6.56. The van der Waals surface area contributed by atoms with Crippen LogP contribution >= 0.6 is 31.9 Å². The molecule has 0 bridgehead atoms. The number of rotatable bonds is 2. The van der Waals surface area contributed by atoms with Crippen LogP contribution in [0, 0.1) is 6.92 Å². The van der Waals surface area contributed by atoms with Crippen LogP contribution < -0.4 is 9.47 Å². The van der Waals surface area contributed by atoms with Gasteiger partial charge in [-0.3, -0.25) is 0 Å². The topological polar surface area (TPSA) is 18.5 Å². The van der Waals surface area contributed by atoms with E-state index in [1.54, 1.807) is 0 Å². The first-order chi connectivity index (χ1) is 9.65. The van der Waals surface area contributed by atoms with Gasteiger partial charge in [0.15, 0.2) is 11.5 Å². The van der Waals surface area contributed by atoms with Crippen LogP contribution in [0.5, 0.6) is 11.5 Å². The summed E-state index contributed by atoms with van der Waals surface area (Å²) < 4.78 is 12.3. The summed E-state index contributed by atoms with van der Waals surface area (Å²) in [5, 5.41) is 0. The van der Waals surface area contributed by atoms with Gasteiger partial charge < -0.3 is 9.47 Å². The van der Waals surface area contributed by atoms with E-state index in [1.807, 2.05) is 12.1 Å². The zero-order valence-corrected chi connectivity index (χ0v) is 14.2. The largest absolute Gasteiger partial charge is 0.486 e. The highest BCUT2D eigenvalue weighted by Gasteiger charge is 2.18. The molecule has 1 aliphatic heterocycles. The van der Waals surface area contributed by atoms with E-state index in [2.05, 4.69) is 63.0 Å². The van der Waals surface area contributed by atoms with Crippen LogP contribution in [0.3, 0.4) is 0 Å². The van der Waals surface area contributed by atoms with Gasteiger partial charge in [0.1, 0.15) is 13.2 Å². The average Bonchev–Trinajstić information content (AvgIpc) is 2.48. The monoisotopic (exact) mass is 396 g/mol. The first-order valence-corrected chi connectivity index (χ1v) is 8.15. The minimum atomic E-state index is 0.118. The van der Waals surface area contributed by atoms with Crippen LogP contribution in [-0.2, 0) is 0 Å². The lowest BCUT2D eigenvalue weighted by atomic mass is 10.0. The molecule has 2 aromatic carbocycles. The lowest BCUT2D eigenvalue weighted by Gasteiger charge is -2.20. The van der Waals surface area contributed by atoms with E-state index in [0.29, 0.717) is 13.2 Å². The van der Waals surface area contributed by atoms with Gasteiger partial charge in [-0.2, -0.15) is 0 Å². The molecule has 0 aromatic heterocycles. The summed E-state index contributed by atoms with van der Waals surface area (Å²) >= 11 is 7.40. The molecule has 2 nitrogen and oxygen atoms in total. The number of benzene rings is 2. The standard InChI is InChI=1S/C16H14Br2O2/c1-10-2-4-13(17)12(8-10)16(18)11-3-5-14-15(9-11)20-7-6-19-14/h2-5,8-9,16H,6-7H2,1H3. The number of halogens is 2. The minimum Gasteiger partial charge on any atom is -0.486 e. The molecule has 0 spiro atoms. The van der Waals surface area contributed by atoms with Gasteiger partial charge in [0.2, 0.25) is 0 Å². The molecule has 0 fully saturated rings. The van der Waals surface area contributed by atoms with Crippen LogP contribution in [0.25, 0.3) is 0 Å². The fraction of sp³-hybridized carbons (Fsp3) is 0.250. The van der Waals surface area contributed by atoms with Crippen molar-refractivity contribution in [2.45, 2.75) is 11.8 Å². The Kier molecular flexibility index (Phi) is 4.03. The summed E-state index contributed by atoms with van der Waals surface area (Å²) in [6.07, 6.45) is 0. The predicted molar refractivity (Wildman–Crippen MR) is 87.1 cm³/mol. The van der Waals surface area contributed by atoms with Gasteiger partial charge in [0.25, 0.3) is 0 Å². The van der Waals surface area contributed by atoms with E-state index in [1.165, 1.54) is 11.1 Å². The molecule has 0 amide bonds. The maximum absolute atomic E-state index is 5.65. The van der Waals surface area contributed by atoms with Crippen LogP contribution in [0.1, 0.15) is 21.5 Å². The summed E-state index contributed by atoms with van der Waals surface area (Å²) in [4.78, 5) is 0.118. The smallest absolute Gasteiger partial charge is 0.161 e. The van der Waals surface area contributed by atoms with Gasteiger partial charge >= 0.3 is 0 Å². The number of fused-ring (bicyclic) bond motifs is 1. The Bertz CT molecular complexity index is 640. The van der Waals surface area contributed by atoms with Crippen LogP contribution in [0.2, 0.25) is 0 Å². The molecule has 0 radical (unpaired) electrons. The minimum absolute atomic E-state index is 0.118. The Morgan fingerprint density at radius 1 is 1.00 bits per heavy atom. The van der Waals surface area contributed by atoms with E-state index < -0.39 is 0 Å². The van der Waals surface area contributed by atoms with Gasteiger partial charge in [0.05, 0.1) is 4.83 Å². The zero-order valence-electron chi connectivity index (χ0n) is 11.0. The number of hydrogen-bond donors (Lipinski definition) is 0. The Balaban J connectivity index is 1.97. The summed E-state index contributed by atoms with van der Waals surface area (Å²) in [6.45, 7) is 3.32. The average molecular weight is 398 g/mol. The third-order valence-corrected chi connectivity index (χ3v) is 5.03. The van der Waals surface area contributed by atoms with Crippen molar-refractivity contribution < 1.29 is 9.47 Å². The molecule has 0 saturated carbocycles. The van der Waals surface area contributed by atoms with Gasteiger partial charge in [-0.05, 0) is 36.2 Å². The fourth-order valence-electron chi connectivity index (χ4n) is 2.25. The first-order valence-electron chi connectivity index (χ1n) is 6.45. The summed E-state index contributed by atoms with van der Waals surface area (Å²) in [5.41, 5.74) is 3.60. The predicted octanol–water partition coefficient (Wildman–Crippen LogP) is 5.01. The summed E-state index contributed by atoms with van der Waals surface area (Å²) in [7, 11) is 0. The van der Waals surface area contributed by atoms with Crippen molar-refractivity contribution in [1.29, 1.82) is 0 Å². The second-order valence-electron chi connectivity index (χ2n) is 4.79. The maximum atomic E-state index is 5.65. The molecule has 0 aliphatic carbocycles. The molecular formula is C16H14Br2O2. The number of hydrogen-bond acceptors (Lipinski definition) is 2. The molecule has 0 N–H and O–H groups in total. The molecule has 1 unspecified atom stereocenters.